The second-order valence-electron chi connectivity index (χ2n) is 4.54. The lowest BCUT2D eigenvalue weighted by atomic mass is 10.0. The quantitative estimate of drug-likeness (QED) is 0.891. The maximum absolute atomic E-state index is 11.0. The molecule has 92 valence electrons. The minimum Gasteiger partial charge on any atom is -0.508 e. The van der Waals surface area contributed by atoms with E-state index < -0.39 is 0 Å². The lowest BCUT2D eigenvalue weighted by molar-refractivity contribution is -0.116. The van der Waals surface area contributed by atoms with E-state index in [0.717, 1.165) is 17.5 Å². The summed E-state index contributed by atoms with van der Waals surface area (Å²) in [5.41, 5.74) is 3.30. The van der Waals surface area contributed by atoms with Gasteiger partial charge in [0.2, 0.25) is 0 Å². The Morgan fingerprint density at radius 3 is 2.28 bits per heavy atom. The number of phenolic OH excluding ortho intramolecular Hbond substituents is 1. The minimum absolute atomic E-state index is 0.177. The molecular formula is C16H16O2. The second kappa shape index (κ2) is 5.50. The summed E-state index contributed by atoms with van der Waals surface area (Å²) < 4.78 is 0. The summed E-state index contributed by atoms with van der Waals surface area (Å²) in [5.74, 6) is 0.469. The third-order valence-electron chi connectivity index (χ3n) is 2.79. The van der Waals surface area contributed by atoms with Gasteiger partial charge >= 0.3 is 0 Å². The molecular weight excluding hydrogens is 224 g/mol. The number of Topliss-reactive ketones (excluding diaryl/α,β-unsaturated/α-hetero) is 1. The lowest BCUT2D eigenvalue weighted by Gasteiger charge is -2.04. The average Bonchev–Trinajstić information content (AvgIpc) is 2.31. The molecule has 0 aliphatic rings. The number of carbonyl (C=O) groups is 1. The standard InChI is InChI=1S/C16H16O2/c1-12(17)9-13-5-7-14(8-6-13)10-15-3-2-4-16(18)11-15/h2-8,11,18H,9-10H2,1H3. The van der Waals surface area contributed by atoms with Crippen LogP contribution in [-0.4, -0.2) is 10.9 Å². The molecule has 0 amide bonds. The molecule has 0 radical (unpaired) electrons. The molecule has 0 fully saturated rings. The Morgan fingerprint density at radius 1 is 1.00 bits per heavy atom. The normalized spacial score (nSPS) is 10.3. The van der Waals surface area contributed by atoms with E-state index >= 15 is 0 Å². The monoisotopic (exact) mass is 240 g/mol. The fourth-order valence-corrected chi connectivity index (χ4v) is 1.96. The largest absolute Gasteiger partial charge is 0.508 e. The maximum atomic E-state index is 11.0. The maximum Gasteiger partial charge on any atom is 0.134 e. The SMILES string of the molecule is CC(=O)Cc1ccc(Cc2cccc(O)c2)cc1. The summed E-state index contributed by atoms with van der Waals surface area (Å²) in [7, 11) is 0. The van der Waals surface area contributed by atoms with Crippen LogP contribution in [0.2, 0.25) is 0 Å². The average molecular weight is 240 g/mol. The Kier molecular flexibility index (Phi) is 3.78. The van der Waals surface area contributed by atoms with E-state index in [1.807, 2.05) is 36.4 Å². The van der Waals surface area contributed by atoms with Gasteiger partial charge in [-0.15, -0.1) is 0 Å². The molecule has 1 N–H and O–H groups in total. The van der Waals surface area contributed by atoms with Gasteiger partial charge in [0, 0.05) is 6.42 Å². The van der Waals surface area contributed by atoms with Crippen LogP contribution in [0.5, 0.6) is 5.75 Å². The number of benzene rings is 2. The predicted octanol–water partition coefficient (Wildman–Crippen LogP) is 3.11. The van der Waals surface area contributed by atoms with Gasteiger partial charge in [0.15, 0.2) is 0 Å². The molecule has 0 spiro atoms. The van der Waals surface area contributed by atoms with Gasteiger partial charge < -0.3 is 5.11 Å². The van der Waals surface area contributed by atoms with Crippen molar-refractivity contribution in [3.8, 4) is 5.75 Å². The lowest BCUT2D eigenvalue weighted by Crippen LogP contribution is -1.96. The van der Waals surface area contributed by atoms with Crippen LogP contribution in [0.3, 0.4) is 0 Å². The highest BCUT2D eigenvalue weighted by atomic mass is 16.3. The molecule has 2 aromatic carbocycles. The van der Waals surface area contributed by atoms with Gasteiger partial charge in [0.1, 0.15) is 11.5 Å². The highest BCUT2D eigenvalue weighted by molar-refractivity contribution is 5.78. The first-order chi connectivity index (χ1) is 8.63. The van der Waals surface area contributed by atoms with E-state index in [4.69, 9.17) is 0 Å². The first-order valence-electron chi connectivity index (χ1n) is 5.98. The third-order valence-corrected chi connectivity index (χ3v) is 2.79. The van der Waals surface area contributed by atoms with Crippen LogP contribution in [0, 0.1) is 0 Å². The molecule has 0 bridgehead atoms. The first-order valence-corrected chi connectivity index (χ1v) is 5.98. The molecule has 2 nitrogen and oxygen atoms in total. The zero-order chi connectivity index (χ0) is 13.0. The van der Waals surface area contributed by atoms with Crippen molar-refractivity contribution in [1.82, 2.24) is 0 Å². The van der Waals surface area contributed by atoms with Crippen molar-refractivity contribution in [3.05, 3.63) is 65.2 Å². The van der Waals surface area contributed by atoms with Gasteiger partial charge in [0.25, 0.3) is 0 Å². The first kappa shape index (κ1) is 12.4. The van der Waals surface area contributed by atoms with Crippen molar-refractivity contribution in [2.45, 2.75) is 19.8 Å². The molecule has 2 heteroatoms. The molecule has 0 aliphatic heterocycles. The summed E-state index contributed by atoms with van der Waals surface area (Å²) in [6.07, 6.45) is 1.28. The van der Waals surface area contributed by atoms with Crippen LogP contribution in [0.4, 0.5) is 0 Å². The number of rotatable bonds is 4. The van der Waals surface area contributed by atoms with Crippen LogP contribution in [0.15, 0.2) is 48.5 Å². The zero-order valence-corrected chi connectivity index (χ0v) is 10.4. The molecule has 2 rings (SSSR count). The van der Waals surface area contributed by atoms with E-state index in [2.05, 4.69) is 0 Å². The molecule has 18 heavy (non-hydrogen) atoms. The third kappa shape index (κ3) is 3.45. The van der Waals surface area contributed by atoms with Crippen LogP contribution in [0.1, 0.15) is 23.6 Å². The Morgan fingerprint density at radius 2 is 1.67 bits per heavy atom. The number of hydrogen-bond acceptors (Lipinski definition) is 2. The van der Waals surface area contributed by atoms with E-state index in [0.29, 0.717) is 12.2 Å². The van der Waals surface area contributed by atoms with Crippen molar-refractivity contribution in [1.29, 1.82) is 0 Å². The van der Waals surface area contributed by atoms with E-state index in [1.165, 1.54) is 5.56 Å². The molecule has 0 aliphatic carbocycles. The number of ketones is 1. The van der Waals surface area contributed by atoms with E-state index in [1.54, 1.807) is 19.1 Å². The van der Waals surface area contributed by atoms with Crippen LogP contribution < -0.4 is 0 Å². The number of carbonyl (C=O) groups excluding carboxylic acids is 1. The Bertz CT molecular complexity index is 541. The van der Waals surface area contributed by atoms with Crippen LogP contribution >= 0.6 is 0 Å². The molecule has 0 atom stereocenters. The summed E-state index contributed by atoms with van der Waals surface area (Å²) >= 11 is 0. The minimum atomic E-state index is 0.177. The van der Waals surface area contributed by atoms with Gasteiger partial charge in [-0.1, -0.05) is 36.4 Å². The van der Waals surface area contributed by atoms with Gasteiger partial charge in [-0.3, -0.25) is 4.79 Å². The number of hydrogen-bond donors (Lipinski definition) is 1. The highest BCUT2D eigenvalue weighted by Gasteiger charge is 2.00. The summed E-state index contributed by atoms with van der Waals surface area (Å²) in [6, 6.07) is 15.3. The molecule has 2 aromatic rings. The number of aromatic hydroxyl groups is 1. The topological polar surface area (TPSA) is 37.3 Å². The fourth-order valence-electron chi connectivity index (χ4n) is 1.96. The Hall–Kier alpha value is -2.09. The van der Waals surface area contributed by atoms with Crippen molar-refractivity contribution < 1.29 is 9.90 Å². The molecule has 0 unspecified atom stereocenters. The number of phenols is 1. The molecule has 0 saturated heterocycles. The van der Waals surface area contributed by atoms with Crippen molar-refractivity contribution >= 4 is 5.78 Å². The summed E-state index contributed by atoms with van der Waals surface area (Å²) in [5, 5.41) is 9.40. The fraction of sp³-hybridized carbons (Fsp3) is 0.188. The Balaban J connectivity index is 2.08. The molecule has 0 heterocycles. The van der Waals surface area contributed by atoms with Crippen LogP contribution in [0.25, 0.3) is 0 Å². The van der Waals surface area contributed by atoms with Gasteiger partial charge in [-0.05, 0) is 42.2 Å². The summed E-state index contributed by atoms with van der Waals surface area (Å²) in [4.78, 5) is 11.0. The Labute approximate surface area is 107 Å². The zero-order valence-electron chi connectivity index (χ0n) is 10.4. The van der Waals surface area contributed by atoms with Gasteiger partial charge in [0.05, 0.1) is 0 Å². The highest BCUT2D eigenvalue weighted by Crippen LogP contribution is 2.15. The summed E-state index contributed by atoms with van der Waals surface area (Å²) in [6.45, 7) is 1.60. The van der Waals surface area contributed by atoms with Gasteiger partial charge in [-0.25, -0.2) is 0 Å². The molecule has 0 aromatic heterocycles. The van der Waals surface area contributed by atoms with Crippen LogP contribution in [-0.2, 0) is 17.6 Å². The van der Waals surface area contributed by atoms with E-state index in [9.17, 15) is 9.90 Å². The van der Waals surface area contributed by atoms with Crippen molar-refractivity contribution in [3.63, 3.8) is 0 Å². The smallest absolute Gasteiger partial charge is 0.134 e. The second-order valence-corrected chi connectivity index (χ2v) is 4.54. The molecule has 0 saturated carbocycles. The van der Waals surface area contributed by atoms with Gasteiger partial charge in [-0.2, -0.15) is 0 Å². The van der Waals surface area contributed by atoms with E-state index in [-0.39, 0.29) is 5.78 Å². The predicted molar refractivity (Wildman–Crippen MR) is 71.7 cm³/mol. The van der Waals surface area contributed by atoms with Crippen molar-refractivity contribution in [2.24, 2.45) is 0 Å². The van der Waals surface area contributed by atoms with Crippen molar-refractivity contribution in [2.75, 3.05) is 0 Å².